The molecule has 0 saturated carbocycles. The monoisotopic (exact) mass is 281 g/mol. The van der Waals surface area contributed by atoms with Gasteiger partial charge < -0.3 is 4.74 Å². The molecule has 1 aromatic heterocycles. The highest BCUT2D eigenvalue weighted by Crippen LogP contribution is 2.28. The molecule has 1 N–H and O–H groups in total. The molecule has 0 aliphatic rings. The van der Waals surface area contributed by atoms with Gasteiger partial charge in [0.25, 0.3) is 0 Å². The lowest BCUT2D eigenvalue weighted by Crippen LogP contribution is -2.15. The fraction of sp³-hybridized carbons (Fsp3) is 0.125. The summed E-state index contributed by atoms with van der Waals surface area (Å²) in [5, 5.41) is 6.65. The molecule has 0 aliphatic carbocycles. The highest BCUT2D eigenvalue weighted by molar-refractivity contribution is 5.66. The summed E-state index contributed by atoms with van der Waals surface area (Å²) in [7, 11) is 1.60. The van der Waals surface area contributed by atoms with Gasteiger partial charge in [0, 0.05) is 0 Å². The van der Waals surface area contributed by atoms with Crippen LogP contribution in [0.3, 0.4) is 0 Å². The average molecular weight is 281 g/mol. The number of ether oxygens (including phenoxy) is 1. The lowest BCUT2D eigenvalue weighted by molar-refractivity contribution is 0.416. The van der Waals surface area contributed by atoms with E-state index in [9.17, 15) is 4.79 Å². The summed E-state index contributed by atoms with van der Waals surface area (Å²) in [6.07, 6.45) is 0. The van der Waals surface area contributed by atoms with Crippen LogP contribution in [0.4, 0.5) is 0 Å². The van der Waals surface area contributed by atoms with Crippen molar-refractivity contribution >= 4 is 0 Å². The van der Waals surface area contributed by atoms with E-state index < -0.39 is 0 Å². The Morgan fingerprint density at radius 2 is 1.95 bits per heavy atom. The van der Waals surface area contributed by atoms with Gasteiger partial charge in [-0.25, -0.2) is 14.5 Å². The van der Waals surface area contributed by atoms with Crippen LogP contribution in [0.25, 0.3) is 17.1 Å². The Morgan fingerprint density at radius 1 is 1.14 bits per heavy atom. The summed E-state index contributed by atoms with van der Waals surface area (Å²) >= 11 is 0. The van der Waals surface area contributed by atoms with E-state index in [4.69, 9.17) is 4.74 Å². The molecular formula is C16H15N3O2. The predicted octanol–water partition coefficient (Wildman–Crippen LogP) is 2.54. The fourth-order valence-corrected chi connectivity index (χ4v) is 2.31. The molecule has 3 aromatic rings. The number of methoxy groups -OCH3 is 1. The molecule has 0 radical (unpaired) electrons. The third kappa shape index (κ3) is 2.33. The van der Waals surface area contributed by atoms with Crippen molar-refractivity contribution in [2.24, 2.45) is 0 Å². The van der Waals surface area contributed by atoms with E-state index in [0.29, 0.717) is 11.6 Å². The maximum atomic E-state index is 12.1. The van der Waals surface area contributed by atoms with Gasteiger partial charge in [-0.2, -0.15) is 5.10 Å². The second-order valence-electron chi connectivity index (χ2n) is 4.73. The van der Waals surface area contributed by atoms with E-state index in [2.05, 4.69) is 10.2 Å². The SMILES string of the molecule is COc1ccccc1-c1n[nH]c(=O)n1-c1cccc(C)c1. The minimum Gasteiger partial charge on any atom is -0.496 e. The molecule has 0 atom stereocenters. The molecule has 0 unspecified atom stereocenters. The maximum Gasteiger partial charge on any atom is 0.348 e. The van der Waals surface area contributed by atoms with E-state index >= 15 is 0 Å². The first-order chi connectivity index (χ1) is 10.2. The number of hydrogen-bond donors (Lipinski definition) is 1. The molecule has 0 spiro atoms. The minimum absolute atomic E-state index is 0.276. The molecule has 0 saturated heterocycles. The zero-order valence-corrected chi connectivity index (χ0v) is 11.8. The summed E-state index contributed by atoms with van der Waals surface area (Å²) in [5.74, 6) is 1.20. The Balaban J connectivity index is 2.25. The van der Waals surface area contributed by atoms with Gasteiger partial charge in [0.15, 0.2) is 5.82 Å². The first kappa shape index (κ1) is 13.2. The second-order valence-corrected chi connectivity index (χ2v) is 4.73. The highest BCUT2D eigenvalue weighted by Gasteiger charge is 2.15. The van der Waals surface area contributed by atoms with Gasteiger partial charge in [-0.1, -0.05) is 24.3 Å². The average Bonchev–Trinajstić information content (AvgIpc) is 2.88. The van der Waals surface area contributed by atoms with Crippen molar-refractivity contribution in [1.29, 1.82) is 0 Å². The molecule has 0 fully saturated rings. The summed E-state index contributed by atoms with van der Waals surface area (Å²) in [6.45, 7) is 1.98. The Bertz CT molecular complexity index is 833. The van der Waals surface area contributed by atoms with Crippen molar-refractivity contribution in [3.05, 3.63) is 64.6 Å². The minimum atomic E-state index is -0.276. The third-order valence-corrected chi connectivity index (χ3v) is 3.28. The number of aryl methyl sites for hydroxylation is 1. The van der Waals surface area contributed by atoms with Gasteiger partial charge in [-0.05, 0) is 36.8 Å². The number of para-hydroxylation sites is 1. The van der Waals surface area contributed by atoms with Gasteiger partial charge in [0.2, 0.25) is 0 Å². The summed E-state index contributed by atoms with van der Waals surface area (Å²) < 4.78 is 6.90. The van der Waals surface area contributed by atoms with Gasteiger partial charge >= 0.3 is 5.69 Å². The first-order valence-corrected chi connectivity index (χ1v) is 6.58. The van der Waals surface area contributed by atoms with Crippen LogP contribution in [0.5, 0.6) is 5.75 Å². The van der Waals surface area contributed by atoms with Crippen LogP contribution in [0, 0.1) is 6.92 Å². The van der Waals surface area contributed by atoms with Crippen LogP contribution in [-0.4, -0.2) is 21.9 Å². The van der Waals surface area contributed by atoms with E-state index in [1.54, 1.807) is 11.7 Å². The molecular weight excluding hydrogens is 266 g/mol. The van der Waals surface area contributed by atoms with Crippen LogP contribution in [0.2, 0.25) is 0 Å². The summed E-state index contributed by atoms with van der Waals surface area (Å²) in [6, 6.07) is 15.2. The normalized spacial score (nSPS) is 10.6. The van der Waals surface area contributed by atoms with Crippen molar-refractivity contribution in [1.82, 2.24) is 14.8 Å². The van der Waals surface area contributed by atoms with Crippen molar-refractivity contribution in [3.8, 4) is 22.8 Å². The van der Waals surface area contributed by atoms with Crippen molar-refractivity contribution in [2.75, 3.05) is 7.11 Å². The summed E-state index contributed by atoms with van der Waals surface area (Å²) in [5.41, 5.74) is 2.34. The number of aromatic nitrogens is 3. The molecule has 21 heavy (non-hydrogen) atoms. The van der Waals surface area contributed by atoms with Gasteiger partial charge in [-0.15, -0.1) is 0 Å². The van der Waals surface area contributed by atoms with E-state index in [1.807, 2.05) is 55.5 Å². The summed E-state index contributed by atoms with van der Waals surface area (Å²) in [4.78, 5) is 12.1. The van der Waals surface area contributed by atoms with Crippen molar-refractivity contribution in [3.63, 3.8) is 0 Å². The Hall–Kier alpha value is -2.82. The molecule has 3 rings (SSSR count). The number of nitrogens with zero attached hydrogens (tertiary/aromatic N) is 2. The Labute approximate surface area is 121 Å². The zero-order chi connectivity index (χ0) is 14.8. The van der Waals surface area contributed by atoms with E-state index in [1.165, 1.54) is 0 Å². The number of hydrogen-bond acceptors (Lipinski definition) is 3. The van der Waals surface area contributed by atoms with Crippen LogP contribution < -0.4 is 10.4 Å². The highest BCUT2D eigenvalue weighted by atomic mass is 16.5. The van der Waals surface area contributed by atoms with Gasteiger partial charge in [0.1, 0.15) is 5.75 Å². The van der Waals surface area contributed by atoms with Crippen LogP contribution >= 0.6 is 0 Å². The quantitative estimate of drug-likeness (QED) is 0.802. The van der Waals surface area contributed by atoms with Crippen LogP contribution in [0.1, 0.15) is 5.56 Å². The fourth-order valence-electron chi connectivity index (χ4n) is 2.31. The third-order valence-electron chi connectivity index (χ3n) is 3.28. The van der Waals surface area contributed by atoms with E-state index in [0.717, 1.165) is 16.8 Å². The zero-order valence-electron chi connectivity index (χ0n) is 11.8. The predicted molar refractivity (Wildman–Crippen MR) is 80.9 cm³/mol. The number of H-pyrrole nitrogens is 1. The van der Waals surface area contributed by atoms with Crippen LogP contribution in [0.15, 0.2) is 53.3 Å². The smallest absolute Gasteiger partial charge is 0.348 e. The lowest BCUT2D eigenvalue weighted by Gasteiger charge is -2.09. The maximum absolute atomic E-state index is 12.1. The molecule has 0 amide bonds. The molecule has 106 valence electrons. The largest absolute Gasteiger partial charge is 0.496 e. The lowest BCUT2D eigenvalue weighted by atomic mass is 10.1. The number of benzene rings is 2. The molecule has 2 aromatic carbocycles. The molecule has 5 nitrogen and oxygen atoms in total. The van der Waals surface area contributed by atoms with Gasteiger partial charge in [-0.3, -0.25) is 0 Å². The van der Waals surface area contributed by atoms with Crippen molar-refractivity contribution < 1.29 is 4.74 Å². The Morgan fingerprint density at radius 3 is 2.71 bits per heavy atom. The number of rotatable bonds is 3. The standard InChI is InChI=1S/C16H15N3O2/c1-11-6-5-7-12(10-11)19-15(17-18-16(19)20)13-8-3-4-9-14(13)21-2/h3-10H,1-2H3,(H,18,20). The molecule has 0 bridgehead atoms. The van der Waals surface area contributed by atoms with Crippen molar-refractivity contribution in [2.45, 2.75) is 6.92 Å². The number of nitrogens with one attached hydrogen (secondary N) is 1. The number of aromatic amines is 1. The van der Waals surface area contributed by atoms with Gasteiger partial charge in [0.05, 0.1) is 18.4 Å². The van der Waals surface area contributed by atoms with Crippen LogP contribution in [-0.2, 0) is 0 Å². The molecule has 5 heteroatoms. The second kappa shape index (κ2) is 5.28. The topological polar surface area (TPSA) is 59.9 Å². The first-order valence-electron chi connectivity index (χ1n) is 6.58. The Kier molecular flexibility index (Phi) is 3.31. The van der Waals surface area contributed by atoms with E-state index in [-0.39, 0.29) is 5.69 Å². The molecule has 1 heterocycles. The molecule has 0 aliphatic heterocycles.